The Kier molecular flexibility index (Phi) is 5.98. The van der Waals surface area contributed by atoms with Crippen LogP contribution in [0.25, 0.3) is 16.0 Å². The zero-order chi connectivity index (χ0) is 22.9. The maximum absolute atomic E-state index is 5.51. The lowest BCUT2D eigenvalue weighted by Gasteiger charge is -2.26. The zero-order valence-electron chi connectivity index (χ0n) is 19.4. The van der Waals surface area contributed by atoms with E-state index in [0.717, 1.165) is 79.5 Å². The van der Waals surface area contributed by atoms with Crippen LogP contribution in [0.15, 0.2) is 37.1 Å². The predicted molar refractivity (Wildman–Crippen MR) is 133 cm³/mol. The molecular formula is C25H29N7OS. The van der Waals surface area contributed by atoms with Crippen molar-refractivity contribution in [1.29, 1.82) is 0 Å². The number of rotatable bonds is 6. The van der Waals surface area contributed by atoms with Gasteiger partial charge in [0.15, 0.2) is 0 Å². The van der Waals surface area contributed by atoms with E-state index < -0.39 is 0 Å². The average molecular weight is 476 g/mol. The maximum atomic E-state index is 5.51. The monoisotopic (exact) mass is 475 g/mol. The van der Waals surface area contributed by atoms with Crippen molar-refractivity contribution in [2.45, 2.75) is 39.3 Å². The molecule has 1 atom stereocenters. The summed E-state index contributed by atoms with van der Waals surface area (Å²) in [5.41, 5.74) is 2.56. The Hall–Kier alpha value is -2.88. The van der Waals surface area contributed by atoms with Crippen molar-refractivity contribution in [1.82, 2.24) is 29.4 Å². The number of pyridine rings is 1. The van der Waals surface area contributed by atoms with E-state index in [1.54, 1.807) is 12.5 Å². The van der Waals surface area contributed by atoms with E-state index in [2.05, 4.69) is 33.2 Å². The summed E-state index contributed by atoms with van der Waals surface area (Å²) >= 11 is 1.86. The first-order chi connectivity index (χ1) is 16.7. The molecule has 1 N–H and O–H groups in total. The Morgan fingerprint density at radius 2 is 2.12 bits per heavy atom. The van der Waals surface area contributed by atoms with Gasteiger partial charge in [-0.15, -0.1) is 11.3 Å². The Morgan fingerprint density at radius 1 is 1.21 bits per heavy atom. The van der Waals surface area contributed by atoms with Gasteiger partial charge >= 0.3 is 0 Å². The Labute approximate surface area is 203 Å². The van der Waals surface area contributed by atoms with E-state index in [4.69, 9.17) is 14.7 Å². The fourth-order valence-corrected chi connectivity index (χ4v) is 6.20. The number of morpholine rings is 1. The van der Waals surface area contributed by atoms with Crippen molar-refractivity contribution in [2.75, 3.05) is 31.6 Å². The number of thiophene rings is 1. The molecule has 9 heteroatoms. The molecular weight excluding hydrogens is 446 g/mol. The third-order valence-electron chi connectivity index (χ3n) is 6.71. The highest BCUT2D eigenvalue weighted by Gasteiger charge is 2.24. The molecule has 0 saturated carbocycles. The van der Waals surface area contributed by atoms with Crippen LogP contribution in [0, 0.1) is 5.92 Å². The topological polar surface area (TPSA) is 81.0 Å². The van der Waals surface area contributed by atoms with Gasteiger partial charge in [-0.3, -0.25) is 9.47 Å². The quantitative estimate of drug-likeness (QED) is 0.454. The minimum Gasteiger partial charge on any atom is -0.379 e. The lowest BCUT2D eigenvalue weighted by atomic mass is 9.89. The fraction of sp³-hybridized carbons (Fsp3) is 0.440. The Balaban J connectivity index is 1.29. The third kappa shape index (κ3) is 4.43. The predicted octanol–water partition coefficient (Wildman–Crippen LogP) is 3.84. The molecule has 4 aromatic rings. The van der Waals surface area contributed by atoms with E-state index in [9.17, 15) is 0 Å². The average Bonchev–Trinajstić information content (AvgIpc) is 3.51. The van der Waals surface area contributed by atoms with Gasteiger partial charge < -0.3 is 10.1 Å². The summed E-state index contributed by atoms with van der Waals surface area (Å²) in [6, 6.07) is 4.12. The number of fused-ring (bicyclic) bond motifs is 3. The van der Waals surface area contributed by atoms with Gasteiger partial charge in [-0.2, -0.15) is 0 Å². The molecule has 8 nitrogen and oxygen atoms in total. The first-order valence-electron chi connectivity index (χ1n) is 12.0. The lowest BCUT2D eigenvalue weighted by Crippen LogP contribution is -2.36. The summed E-state index contributed by atoms with van der Waals surface area (Å²) in [4.78, 5) is 23.7. The molecule has 0 aromatic carbocycles. The van der Waals surface area contributed by atoms with Crippen molar-refractivity contribution in [3.05, 3.63) is 58.9 Å². The highest BCUT2D eigenvalue weighted by Crippen LogP contribution is 2.40. The summed E-state index contributed by atoms with van der Waals surface area (Å²) in [7, 11) is 0. The van der Waals surface area contributed by atoms with Gasteiger partial charge in [0.05, 0.1) is 25.1 Å². The molecule has 0 unspecified atom stereocenters. The number of aromatic nitrogens is 5. The summed E-state index contributed by atoms with van der Waals surface area (Å²) in [5, 5.41) is 4.86. The molecule has 0 amide bonds. The van der Waals surface area contributed by atoms with Crippen LogP contribution >= 0.6 is 11.3 Å². The number of ether oxygens (including phenoxy) is 1. The molecule has 34 heavy (non-hydrogen) atoms. The molecule has 176 valence electrons. The maximum Gasteiger partial charge on any atom is 0.146 e. The van der Waals surface area contributed by atoms with Crippen LogP contribution in [-0.4, -0.2) is 55.7 Å². The van der Waals surface area contributed by atoms with E-state index in [-0.39, 0.29) is 0 Å². The molecule has 1 saturated heterocycles. The second-order valence-corrected chi connectivity index (χ2v) is 10.3. The van der Waals surface area contributed by atoms with Crippen molar-refractivity contribution < 1.29 is 4.74 Å². The number of imidazole rings is 1. The van der Waals surface area contributed by atoms with Crippen LogP contribution < -0.4 is 5.32 Å². The SMILES string of the molecule is C[C@@H]1CCc2c(sc3nc(CN4CCOCC4)nc(NCc4ccc(-n5ccnc5)nc4)c23)C1. The van der Waals surface area contributed by atoms with Crippen molar-refractivity contribution in [3.8, 4) is 5.82 Å². The molecule has 0 spiro atoms. The summed E-state index contributed by atoms with van der Waals surface area (Å²) in [5.74, 6) is 3.44. The van der Waals surface area contributed by atoms with Gasteiger partial charge in [0, 0.05) is 43.1 Å². The second kappa shape index (κ2) is 9.40. The smallest absolute Gasteiger partial charge is 0.146 e. The van der Waals surface area contributed by atoms with Crippen LogP contribution in [-0.2, 0) is 30.7 Å². The van der Waals surface area contributed by atoms with E-state index in [1.165, 1.54) is 22.2 Å². The van der Waals surface area contributed by atoms with Crippen LogP contribution in [0.5, 0.6) is 0 Å². The van der Waals surface area contributed by atoms with E-state index in [0.29, 0.717) is 6.54 Å². The van der Waals surface area contributed by atoms with Gasteiger partial charge in [-0.1, -0.05) is 13.0 Å². The molecule has 1 aliphatic heterocycles. The molecule has 1 aliphatic carbocycles. The van der Waals surface area contributed by atoms with Crippen LogP contribution in [0.1, 0.15) is 35.2 Å². The zero-order valence-corrected chi connectivity index (χ0v) is 20.2. The van der Waals surface area contributed by atoms with Crippen LogP contribution in [0.2, 0.25) is 0 Å². The van der Waals surface area contributed by atoms with Gasteiger partial charge in [0.2, 0.25) is 0 Å². The summed E-state index contributed by atoms with van der Waals surface area (Å²) in [6.07, 6.45) is 10.8. The number of hydrogen-bond acceptors (Lipinski definition) is 8. The highest BCUT2D eigenvalue weighted by molar-refractivity contribution is 7.19. The molecule has 4 aromatic heterocycles. The standard InChI is InChI=1S/C25H29N7OS/c1-17-2-4-19-20(12-17)34-25-23(19)24(29-21(30-25)15-31-8-10-33-11-9-31)28-14-18-3-5-22(27-13-18)32-7-6-26-16-32/h3,5-7,13,16-17H,2,4,8-12,14-15H2,1H3,(H,28,29,30)/t17-/m1/s1. The van der Waals surface area contributed by atoms with Gasteiger partial charge in [-0.05, 0) is 42.4 Å². The summed E-state index contributed by atoms with van der Waals surface area (Å²) < 4.78 is 7.42. The number of aryl methyl sites for hydroxylation is 1. The Morgan fingerprint density at radius 3 is 2.91 bits per heavy atom. The molecule has 5 heterocycles. The van der Waals surface area contributed by atoms with Crippen LogP contribution in [0.3, 0.4) is 0 Å². The number of nitrogens with one attached hydrogen (secondary N) is 1. The number of nitrogens with zero attached hydrogens (tertiary/aromatic N) is 6. The molecule has 0 radical (unpaired) electrons. The fourth-order valence-electron chi connectivity index (χ4n) is 4.80. The lowest BCUT2D eigenvalue weighted by molar-refractivity contribution is 0.0331. The minimum absolute atomic E-state index is 0.668. The molecule has 1 fully saturated rings. The molecule has 6 rings (SSSR count). The second-order valence-electron chi connectivity index (χ2n) is 9.26. The molecule has 0 bridgehead atoms. The van der Waals surface area contributed by atoms with Crippen molar-refractivity contribution >= 4 is 27.4 Å². The Bertz CT molecular complexity index is 1260. The minimum atomic E-state index is 0.668. The molecule has 2 aliphatic rings. The summed E-state index contributed by atoms with van der Waals surface area (Å²) in [6.45, 7) is 7.19. The number of anilines is 1. The van der Waals surface area contributed by atoms with Crippen molar-refractivity contribution in [3.63, 3.8) is 0 Å². The third-order valence-corrected chi connectivity index (χ3v) is 7.86. The normalized spacial score (nSPS) is 18.8. The largest absolute Gasteiger partial charge is 0.379 e. The van der Waals surface area contributed by atoms with E-state index >= 15 is 0 Å². The van der Waals surface area contributed by atoms with E-state index in [1.807, 2.05) is 34.4 Å². The highest BCUT2D eigenvalue weighted by atomic mass is 32.1. The van der Waals surface area contributed by atoms with Gasteiger partial charge in [0.25, 0.3) is 0 Å². The van der Waals surface area contributed by atoms with Gasteiger partial charge in [0.1, 0.15) is 28.6 Å². The first kappa shape index (κ1) is 21.6. The van der Waals surface area contributed by atoms with Crippen LogP contribution in [0.4, 0.5) is 5.82 Å². The first-order valence-corrected chi connectivity index (χ1v) is 12.8. The number of hydrogen-bond donors (Lipinski definition) is 1. The van der Waals surface area contributed by atoms with Crippen molar-refractivity contribution in [2.24, 2.45) is 5.92 Å². The van der Waals surface area contributed by atoms with Gasteiger partial charge in [-0.25, -0.2) is 19.9 Å².